The average Bonchev–Trinajstić information content (AvgIpc) is 3.46. The lowest BCUT2D eigenvalue weighted by Crippen LogP contribution is -2.36. The molecule has 1 spiro atoms. The minimum absolute atomic E-state index is 0.218. The SMILES string of the molecule is CN(CCOc1ccc(OCc2ccccc2)cc1)C(=O)C1CC12CCNCC2. The molecule has 2 aromatic rings. The average molecular weight is 395 g/mol. The van der Waals surface area contributed by atoms with Crippen molar-refractivity contribution in [3.63, 3.8) is 0 Å². The number of rotatable bonds is 8. The highest BCUT2D eigenvalue weighted by Gasteiger charge is 2.58. The number of hydrogen-bond donors (Lipinski definition) is 1. The first kappa shape index (κ1) is 19.8. The molecule has 1 heterocycles. The molecular formula is C24H30N2O3. The van der Waals surface area contributed by atoms with Crippen LogP contribution in [0.4, 0.5) is 0 Å². The predicted molar refractivity (Wildman–Crippen MR) is 113 cm³/mol. The summed E-state index contributed by atoms with van der Waals surface area (Å²) in [6.07, 6.45) is 3.32. The molecule has 2 aliphatic rings. The van der Waals surface area contributed by atoms with Gasteiger partial charge in [-0.05, 0) is 67.6 Å². The number of ether oxygens (including phenoxy) is 2. The fourth-order valence-corrected chi connectivity index (χ4v) is 4.22. The summed E-state index contributed by atoms with van der Waals surface area (Å²) in [4.78, 5) is 14.5. The number of benzene rings is 2. The van der Waals surface area contributed by atoms with E-state index >= 15 is 0 Å². The lowest BCUT2D eigenvalue weighted by Gasteiger charge is -2.25. The summed E-state index contributed by atoms with van der Waals surface area (Å²) in [5, 5.41) is 3.39. The summed E-state index contributed by atoms with van der Waals surface area (Å²) in [6.45, 7) is 3.74. The highest BCUT2D eigenvalue weighted by molar-refractivity contribution is 5.82. The van der Waals surface area contributed by atoms with Crippen LogP contribution in [0.25, 0.3) is 0 Å². The van der Waals surface area contributed by atoms with Crippen molar-refractivity contribution in [2.75, 3.05) is 33.3 Å². The van der Waals surface area contributed by atoms with Gasteiger partial charge in [-0.25, -0.2) is 0 Å². The summed E-state index contributed by atoms with van der Waals surface area (Å²) >= 11 is 0. The van der Waals surface area contributed by atoms with Crippen molar-refractivity contribution in [1.82, 2.24) is 10.2 Å². The molecule has 1 saturated carbocycles. The standard InChI is InChI=1S/C24H30N2O3/c1-26(23(27)22-17-24(22)11-13-25-14-12-24)15-16-28-20-7-9-21(10-8-20)29-18-19-5-3-2-4-6-19/h2-10,22,25H,11-18H2,1H3. The molecule has 0 bridgehead atoms. The molecule has 4 rings (SSSR count). The van der Waals surface area contributed by atoms with Crippen LogP contribution in [0.15, 0.2) is 54.6 Å². The molecule has 1 atom stereocenters. The van der Waals surface area contributed by atoms with Crippen LogP contribution >= 0.6 is 0 Å². The summed E-state index contributed by atoms with van der Waals surface area (Å²) in [5.41, 5.74) is 1.43. The predicted octanol–water partition coefficient (Wildman–Crippen LogP) is 3.49. The number of carbonyl (C=O) groups is 1. The van der Waals surface area contributed by atoms with E-state index in [4.69, 9.17) is 9.47 Å². The Bertz CT molecular complexity index is 801. The molecule has 5 heteroatoms. The van der Waals surface area contributed by atoms with E-state index in [9.17, 15) is 4.79 Å². The number of nitrogens with one attached hydrogen (secondary N) is 1. The molecule has 154 valence electrons. The molecule has 0 radical (unpaired) electrons. The lowest BCUT2D eigenvalue weighted by molar-refractivity contribution is -0.132. The van der Waals surface area contributed by atoms with Crippen molar-refractivity contribution in [2.45, 2.75) is 25.9 Å². The van der Waals surface area contributed by atoms with Crippen LogP contribution in [0, 0.1) is 11.3 Å². The normalized spacial score (nSPS) is 19.6. The smallest absolute Gasteiger partial charge is 0.226 e. The van der Waals surface area contributed by atoms with Crippen LogP contribution in [0.1, 0.15) is 24.8 Å². The van der Waals surface area contributed by atoms with E-state index < -0.39 is 0 Å². The number of amides is 1. The van der Waals surface area contributed by atoms with Crippen molar-refractivity contribution >= 4 is 5.91 Å². The first-order valence-corrected chi connectivity index (χ1v) is 10.5. The molecule has 0 aromatic heterocycles. The van der Waals surface area contributed by atoms with E-state index in [1.807, 2.05) is 66.5 Å². The fourth-order valence-electron chi connectivity index (χ4n) is 4.22. The molecule has 1 unspecified atom stereocenters. The van der Waals surface area contributed by atoms with E-state index in [2.05, 4.69) is 5.32 Å². The Balaban J connectivity index is 1.18. The van der Waals surface area contributed by atoms with Gasteiger partial charge in [0.1, 0.15) is 24.7 Å². The van der Waals surface area contributed by atoms with Crippen molar-refractivity contribution in [1.29, 1.82) is 0 Å². The summed E-state index contributed by atoms with van der Waals surface area (Å²) in [7, 11) is 1.89. The Morgan fingerprint density at radius 1 is 1.03 bits per heavy atom. The number of nitrogens with zero attached hydrogens (tertiary/aromatic N) is 1. The topological polar surface area (TPSA) is 50.8 Å². The first-order valence-electron chi connectivity index (χ1n) is 10.5. The van der Waals surface area contributed by atoms with E-state index in [1.54, 1.807) is 0 Å². The van der Waals surface area contributed by atoms with Crippen LogP contribution in [-0.2, 0) is 11.4 Å². The molecule has 1 amide bonds. The molecule has 1 aliphatic carbocycles. The molecule has 2 aromatic carbocycles. The second-order valence-corrected chi connectivity index (χ2v) is 8.22. The summed E-state index contributed by atoms with van der Waals surface area (Å²) in [6, 6.07) is 17.8. The Labute approximate surface area is 173 Å². The maximum Gasteiger partial charge on any atom is 0.226 e. The van der Waals surface area contributed by atoms with Crippen molar-refractivity contribution < 1.29 is 14.3 Å². The van der Waals surface area contributed by atoms with Gasteiger partial charge in [-0.1, -0.05) is 30.3 Å². The second kappa shape index (κ2) is 8.87. The van der Waals surface area contributed by atoms with Gasteiger partial charge in [0.15, 0.2) is 0 Å². The maximum atomic E-state index is 12.7. The Morgan fingerprint density at radius 2 is 1.69 bits per heavy atom. The number of likely N-dealkylation sites (N-methyl/N-ethyl adjacent to an activating group) is 1. The zero-order chi connectivity index (χ0) is 20.1. The number of hydrogen-bond acceptors (Lipinski definition) is 4. The molecule has 5 nitrogen and oxygen atoms in total. The third-order valence-corrected chi connectivity index (χ3v) is 6.23. The Kier molecular flexibility index (Phi) is 6.05. The third-order valence-electron chi connectivity index (χ3n) is 6.23. The lowest BCUT2D eigenvalue weighted by atomic mass is 9.91. The number of carbonyl (C=O) groups excluding carboxylic acids is 1. The molecule has 1 N–H and O–H groups in total. The van der Waals surface area contributed by atoms with Gasteiger partial charge in [0.05, 0.1) is 6.54 Å². The maximum absolute atomic E-state index is 12.7. The van der Waals surface area contributed by atoms with Gasteiger partial charge < -0.3 is 19.7 Å². The van der Waals surface area contributed by atoms with Crippen LogP contribution < -0.4 is 14.8 Å². The highest BCUT2D eigenvalue weighted by atomic mass is 16.5. The second-order valence-electron chi connectivity index (χ2n) is 8.22. The van der Waals surface area contributed by atoms with Gasteiger partial charge in [0.2, 0.25) is 5.91 Å². The van der Waals surface area contributed by atoms with Gasteiger partial charge in [0, 0.05) is 13.0 Å². The third kappa shape index (κ3) is 4.91. The Morgan fingerprint density at radius 3 is 2.38 bits per heavy atom. The van der Waals surface area contributed by atoms with E-state index in [1.165, 1.54) is 0 Å². The fraction of sp³-hybridized carbons (Fsp3) is 0.458. The van der Waals surface area contributed by atoms with Crippen molar-refractivity contribution in [3.05, 3.63) is 60.2 Å². The van der Waals surface area contributed by atoms with E-state index in [0.29, 0.717) is 19.8 Å². The van der Waals surface area contributed by atoms with Crippen molar-refractivity contribution in [2.24, 2.45) is 11.3 Å². The quantitative estimate of drug-likeness (QED) is 0.745. The molecular weight excluding hydrogens is 364 g/mol. The van der Waals surface area contributed by atoms with Gasteiger partial charge in [0.25, 0.3) is 0 Å². The largest absolute Gasteiger partial charge is 0.492 e. The van der Waals surface area contributed by atoms with Gasteiger partial charge in [-0.2, -0.15) is 0 Å². The van der Waals surface area contributed by atoms with E-state index in [0.717, 1.165) is 49.4 Å². The van der Waals surface area contributed by atoms with Crippen LogP contribution in [0.3, 0.4) is 0 Å². The summed E-state index contributed by atoms with van der Waals surface area (Å²) in [5.74, 6) is 2.10. The van der Waals surface area contributed by atoms with Gasteiger partial charge in [-0.15, -0.1) is 0 Å². The molecule has 1 saturated heterocycles. The molecule has 1 aliphatic heterocycles. The zero-order valence-corrected chi connectivity index (χ0v) is 17.1. The monoisotopic (exact) mass is 394 g/mol. The Hall–Kier alpha value is -2.53. The van der Waals surface area contributed by atoms with Crippen LogP contribution in [-0.4, -0.2) is 44.1 Å². The van der Waals surface area contributed by atoms with E-state index in [-0.39, 0.29) is 17.2 Å². The minimum atomic E-state index is 0.218. The highest BCUT2D eigenvalue weighted by Crippen LogP contribution is 2.59. The molecule has 29 heavy (non-hydrogen) atoms. The van der Waals surface area contributed by atoms with Crippen molar-refractivity contribution in [3.8, 4) is 11.5 Å². The number of piperidine rings is 1. The first-order chi connectivity index (χ1) is 14.2. The molecule has 2 fully saturated rings. The zero-order valence-electron chi connectivity index (χ0n) is 17.1. The van der Waals surface area contributed by atoms with Crippen LogP contribution in [0.2, 0.25) is 0 Å². The summed E-state index contributed by atoms with van der Waals surface area (Å²) < 4.78 is 11.6. The van der Waals surface area contributed by atoms with Crippen LogP contribution in [0.5, 0.6) is 11.5 Å². The van der Waals surface area contributed by atoms with Gasteiger partial charge in [-0.3, -0.25) is 4.79 Å². The minimum Gasteiger partial charge on any atom is -0.492 e. The van der Waals surface area contributed by atoms with Gasteiger partial charge >= 0.3 is 0 Å².